The molecule has 0 aliphatic carbocycles. The van der Waals surface area contributed by atoms with Crippen molar-refractivity contribution in [2.75, 3.05) is 13.1 Å². The minimum absolute atomic E-state index is 0.130. The lowest BCUT2D eigenvalue weighted by Gasteiger charge is -2.20. The summed E-state index contributed by atoms with van der Waals surface area (Å²) in [5.74, 6) is -4.79. The van der Waals surface area contributed by atoms with E-state index < -0.39 is 61.3 Å². The van der Waals surface area contributed by atoms with E-state index in [2.05, 4.69) is 10.6 Å². The molecule has 7 N–H and O–H groups in total. The molecule has 0 radical (unpaired) electrons. The minimum atomic E-state index is -1.41. The number of nitrogens with one attached hydrogen (secondary N) is 3. The van der Waals surface area contributed by atoms with Crippen LogP contribution in [0.5, 0.6) is 0 Å². The quantitative estimate of drug-likeness (QED) is 0.236. The normalized spacial score (nSPS) is 12.8. The number of carbonyl (C=O) groups excluding carboxylic acids is 3. The van der Waals surface area contributed by atoms with Crippen molar-refractivity contribution in [3.8, 4) is 0 Å². The average Bonchev–Trinajstić information content (AvgIpc) is 2.48. The lowest BCUT2D eigenvalue weighted by Crippen LogP contribution is -2.53. The van der Waals surface area contributed by atoms with Crippen LogP contribution < -0.4 is 21.7 Å². The van der Waals surface area contributed by atoms with Gasteiger partial charge in [0.2, 0.25) is 17.7 Å². The summed E-state index contributed by atoms with van der Waals surface area (Å²) in [5.41, 5.74) is 5.68. The Labute approximate surface area is 144 Å². The van der Waals surface area contributed by atoms with Crippen LogP contribution in [0.2, 0.25) is 0 Å². The summed E-state index contributed by atoms with van der Waals surface area (Å²) < 4.78 is 0. The van der Waals surface area contributed by atoms with E-state index in [-0.39, 0.29) is 5.92 Å². The van der Waals surface area contributed by atoms with Gasteiger partial charge in [0.25, 0.3) is 0 Å². The first-order valence-electron chi connectivity index (χ1n) is 7.56. The number of hydrogen-bond donors (Lipinski definition) is 6. The smallest absolute Gasteiger partial charge is 0.322 e. The van der Waals surface area contributed by atoms with Gasteiger partial charge < -0.3 is 31.9 Å². The van der Waals surface area contributed by atoms with Crippen molar-refractivity contribution < 1.29 is 34.2 Å². The molecular weight excluding hydrogens is 336 g/mol. The Hall–Kier alpha value is -2.69. The van der Waals surface area contributed by atoms with E-state index in [1.807, 2.05) is 19.2 Å². The first kappa shape index (κ1) is 22.3. The van der Waals surface area contributed by atoms with E-state index in [0.29, 0.717) is 6.42 Å². The minimum Gasteiger partial charge on any atom is -0.481 e. The van der Waals surface area contributed by atoms with Crippen molar-refractivity contribution in [3.63, 3.8) is 0 Å². The largest absolute Gasteiger partial charge is 0.481 e. The maximum absolute atomic E-state index is 12.0. The van der Waals surface area contributed by atoms with Crippen LogP contribution in [0, 0.1) is 5.92 Å². The second-order valence-corrected chi connectivity index (χ2v) is 5.78. The Morgan fingerprint density at radius 1 is 0.920 bits per heavy atom. The van der Waals surface area contributed by atoms with Gasteiger partial charge in [0.15, 0.2) is 0 Å². The zero-order valence-electron chi connectivity index (χ0n) is 14.1. The van der Waals surface area contributed by atoms with Gasteiger partial charge in [0, 0.05) is 0 Å². The molecule has 0 saturated carbocycles. The van der Waals surface area contributed by atoms with E-state index >= 15 is 0 Å². The predicted octanol–water partition coefficient (Wildman–Crippen LogP) is -2.36. The molecule has 142 valence electrons. The van der Waals surface area contributed by atoms with Crippen molar-refractivity contribution in [1.29, 1.82) is 0 Å². The fraction of sp³-hybridized carbons (Fsp3) is 0.643. The first-order chi connectivity index (χ1) is 11.5. The van der Waals surface area contributed by atoms with Crippen molar-refractivity contribution in [3.05, 3.63) is 0 Å². The van der Waals surface area contributed by atoms with Crippen molar-refractivity contribution in [2.45, 2.75) is 38.8 Å². The molecule has 2 unspecified atom stereocenters. The zero-order chi connectivity index (χ0) is 19.6. The highest BCUT2D eigenvalue weighted by Crippen LogP contribution is 2.03. The maximum atomic E-state index is 12.0. The van der Waals surface area contributed by atoms with Gasteiger partial charge >= 0.3 is 11.9 Å². The Morgan fingerprint density at radius 2 is 1.52 bits per heavy atom. The fourth-order valence-electron chi connectivity index (χ4n) is 1.80. The second kappa shape index (κ2) is 11.0. The van der Waals surface area contributed by atoms with Crippen LogP contribution in [0.4, 0.5) is 0 Å². The second-order valence-electron chi connectivity index (χ2n) is 5.78. The molecular formula is C14H24N4O7. The predicted molar refractivity (Wildman–Crippen MR) is 85.3 cm³/mol. The molecule has 0 aliphatic heterocycles. The molecule has 0 saturated heterocycles. The third kappa shape index (κ3) is 10.7. The van der Waals surface area contributed by atoms with Crippen LogP contribution in [0.25, 0.3) is 0 Å². The van der Waals surface area contributed by atoms with Crippen LogP contribution in [0.15, 0.2) is 0 Å². The molecule has 3 amide bonds. The van der Waals surface area contributed by atoms with Crippen LogP contribution in [0.1, 0.15) is 26.7 Å². The molecule has 0 rings (SSSR count). The third-order valence-electron chi connectivity index (χ3n) is 2.93. The fourth-order valence-corrected chi connectivity index (χ4v) is 1.80. The van der Waals surface area contributed by atoms with Crippen molar-refractivity contribution in [2.24, 2.45) is 11.7 Å². The Kier molecular flexibility index (Phi) is 9.79. The SMILES string of the molecule is CC(C)CC(N)C(=O)NC(CC(=O)O)C(=O)NCC(=O)NCC(=O)O. The molecule has 11 heteroatoms. The number of rotatable bonds is 11. The van der Waals surface area contributed by atoms with Crippen LogP contribution >= 0.6 is 0 Å². The van der Waals surface area contributed by atoms with E-state index in [1.54, 1.807) is 0 Å². The van der Waals surface area contributed by atoms with Crippen molar-refractivity contribution in [1.82, 2.24) is 16.0 Å². The molecule has 0 fully saturated rings. The van der Waals surface area contributed by atoms with Gasteiger partial charge in [-0.05, 0) is 12.3 Å². The third-order valence-corrected chi connectivity index (χ3v) is 2.93. The number of amides is 3. The molecule has 25 heavy (non-hydrogen) atoms. The monoisotopic (exact) mass is 360 g/mol. The molecule has 0 spiro atoms. The average molecular weight is 360 g/mol. The molecule has 0 bridgehead atoms. The lowest BCUT2D eigenvalue weighted by atomic mass is 10.0. The molecule has 0 aromatic carbocycles. The number of carboxylic acids is 2. The van der Waals surface area contributed by atoms with Gasteiger partial charge in [-0.1, -0.05) is 13.8 Å². The summed E-state index contributed by atoms with van der Waals surface area (Å²) >= 11 is 0. The summed E-state index contributed by atoms with van der Waals surface area (Å²) in [5, 5.41) is 23.7. The van der Waals surface area contributed by atoms with Gasteiger partial charge in [-0.3, -0.25) is 24.0 Å². The molecule has 0 aliphatic rings. The van der Waals surface area contributed by atoms with E-state index in [9.17, 15) is 24.0 Å². The summed E-state index contributed by atoms with van der Waals surface area (Å²) in [6.07, 6.45) is -0.340. The van der Waals surface area contributed by atoms with Gasteiger partial charge in [-0.25, -0.2) is 0 Å². The van der Waals surface area contributed by atoms with Gasteiger partial charge in [-0.2, -0.15) is 0 Å². The first-order valence-corrected chi connectivity index (χ1v) is 7.56. The summed E-state index contributed by atoms with van der Waals surface area (Å²) in [6.45, 7) is 2.53. The van der Waals surface area contributed by atoms with Gasteiger partial charge in [0.1, 0.15) is 12.6 Å². The van der Waals surface area contributed by atoms with E-state index in [1.165, 1.54) is 0 Å². The van der Waals surface area contributed by atoms with Gasteiger partial charge in [-0.15, -0.1) is 0 Å². The zero-order valence-corrected chi connectivity index (χ0v) is 14.1. The Balaban J connectivity index is 4.66. The Morgan fingerprint density at radius 3 is 2.00 bits per heavy atom. The molecule has 0 heterocycles. The van der Waals surface area contributed by atoms with Crippen LogP contribution in [0.3, 0.4) is 0 Å². The Bertz CT molecular complexity index is 521. The highest BCUT2D eigenvalue weighted by Gasteiger charge is 2.26. The number of hydrogen-bond acceptors (Lipinski definition) is 6. The summed E-state index contributed by atoms with van der Waals surface area (Å²) in [7, 11) is 0. The molecule has 2 atom stereocenters. The van der Waals surface area contributed by atoms with E-state index in [4.69, 9.17) is 15.9 Å². The van der Waals surface area contributed by atoms with E-state index in [0.717, 1.165) is 0 Å². The number of carbonyl (C=O) groups is 5. The van der Waals surface area contributed by atoms with Gasteiger partial charge in [0.05, 0.1) is 19.0 Å². The lowest BCUT2D eigenvalue weighted by molar-refractivity contribution is -0.141. The highest BCUT2D eigenvalue weighted by molar-refractivity contribution is 5.94. The number of aliphatic carboxylic acids is 2. The number of carboxylic acid groups (broad SMARTS) is 2. The molecule has 11 nitrogen and oxygen atoms in total. The van der Waals surface area contributed by atoms with Crippen LogP contribution in [-0.4, -0.2) is 65.0 Å². The van der Waals surface area contributed by atoms with Crippen molar-refractivity contribution >= 4 is 29.7 Å². The summed E-state index contributed by atoms with van der Waals surface area (Å²) in [6, 6.07) is -2.31. The summed E-state index contributed by atoms with van der Waals surface area (Å²) in [4.78, 5) is 56.4. The standard InChI is InChI=1S/C14H24N4O7/c1-7(2)3-8(15)13(24)18-9(4-11(20)21)14(25)17-5-10(19)16-6-12(22)23/h7-9H,3-6,15H2,1-2H3,(H,16,19)(H,17,25)(H,18,24)(H,20,21)(H,22,23). The van der Waals surface area contributed by atoms with Crippen LogP contribution in [-0.2, 0) is 24.0 Å². The highest BCUT2D eigenvalue weighted by atomic mass is 16.4. The molecule has 0 aromatic rings. The molecule has 0 aromatic heterocycles. The number of nitrogens with two attached hydrogens (primary N) is 1. The topological polar surface area (TPSA) is 188 Å². The maximum Gasteiger partial charge on any atom is 0.322 e.